The van der Waals surface area contributed by atoms with Gasteiger partial charge in [-0.1, -0.05) is 5.16 Å². The highest BCUT2D eigenvalue weighted by atomic mass is 32.2. The van der Waals surface area contributed by atoms with E-state index in [-0.39, 0.29) is 17.1 Å². The maximum absolute atomic E-state index is 13.0. The summed E-state index contributed by atoms with van der Waals surface area (Å²) in [5.74, 6) is -0.186. The molecule has 160 valence electrons. The van der Waals surface area contributed by atoms with Crippen molar-refractivity contribution in [2.24, 2.45) is 0 Å². The minimum atomic E-state index is -3.83. The van der Waals surface area contributed by atoms with Crippen molar-refractivity contribution in [3.63, 3.8) is 0 Å². The van der Waals surface area contributed by atoms with Gasteiger partial charge in [0.1, 0.15) is 10.6 Å². The summed E-state index contributed by atoms with van der Waals surface area (Å²) in [5, 5.41) is 15.4. The molecule has 0 fully saturated rings. The zero-order valence-electron chi connectivity index (χ0n) is 17.3. The Morgan fingerprint density at radius 2 is 1.90 bits per heavy atom. The van der Waals surface area contributed by atoms with Crippen molar-refractivity contribution in [1.82, 2.24) is 5.16 Å². The van der Waals surface area contributed by atoms with Crippen LogP contribution in [0.15, 0.2) is 51.9 Å². The molecule has 31 heavy (non-hydrogen) atoms. The van der Waals surface area contributed by atoms with Crippen LogP contribution in [0.25, 0.3) is 11.3 Å². The third-order valence-electron chi connectivity index (χ3n) is 4.81. The van der Waals surface area contributed by atoms with Crippen molar-refractivity contribution in [2.75, 3.05) is 18.2 Å². The molecule has 1 heterocycles. The van der Waals surface area contributed by atoms with Gasteiger partial charge in [0.05, 0.1) is 30.2 Å². The number of benzene rings is 2. The Bertz CT molecular complexity index is 1260. The van der Waals surface area contributed by atoms with E-state index in [2.05, 4.69) is 10.5 Å². The minimum absolute atomic E-state index is 0.0212. The van der Waals surface area contributed by atoms with E-state index >= 15 is 0 Å². The van der Waals surface area contributed by atoms with Gasteiger partial charge >= 0.3 is 0 Å². The second-order valence-electron chi connectivity index (χ2n) is 6.89. The van der Waals surface area contributed by atoms with Crippen LogP contribution in [0, 0.1) is 25.2 Å². The fourth-order valence-electron chi connectivity index (χ4n) is 2.93. The van der Waals surface area contributed by atoms with Gasteiger partial charge in [-0.05, 0) is 56.3 Å². The average Bonchev–Trinajstić information content (AvgIpc) is 3.11. The predicted molar refractivity (Wildman–Crippen MR) is 114 cm³/mol. The molecule has 9 heteroatoms. The second kappa shape index (κ2) is 9.02. The van der Waals surface area contributed by atoms with Crippen molar-refractivity contribution < 1.29 is 22.5 Å². The molecule has 1 N–H and O–H groups in total. The summed E-state index contributed by atoms with van der Waals surface area (Å²) in [6.45, 7) is 3.64. The number of aromatic nitrogens is 1. The van der Waals surface area contributed by atoms with Crippen molar-refractivity contribution in [3.8, 4) is 23.1 Å². The summed E-state index contributed by atoms with van der Waals surface area (Å²) < 4.78 is 36.5. The third-order valence-corrected chi connectivity index (χ3v) is 6.54. The molecule has 2 aromatic carbocycles. The normalized spacial score (nSPS) is 11.0. The predicted octanol–water partition coefficient (Wildman–Crippen LogP) is 3.64. The lowest BCUT2D eigenvalue weighted by atomic mass is 10.1. The molecule has 0 aliphatic heterocycles. The fourth-order valence-corrected chi connectivity index (χ4v) is 4.37. The highest BCUT2D eigenvalue weighted by Gasteiger charge is 2.23. The van der Waals surface area contributed by atoms with Crippen LogP contribution in [0.3, 0.4) is 0 Å². The van der Waals surface area contributed by atoms with Crippen molar-refractivity contribution in [2.45, 2.75) is 25.2 Å². The lowest BCUT2D eigenvalue weighted by molar-refractivity contribution is -0.115. The summed E-state index contributed by atoms with van der Waals surface area (Å²) in [4.78, 5) is 12.2. The number of ether oxygens (including phenoxy) is 1. The Hall–Kier alpha value is -3.64. The van der Waals surface area contributed by atoms with Crippen LogP contribution >= 0.6 is 0 Å². The molecule has 1 amide bonds. The van der Waals surface area contributed by atoms with Gasteiger partial charge in [-0.15, -0.1) is 0 Å². The number of nitrogens with one attached hydrogen (secondary N) is 1. The molecular formula is C22H21N3O5S. The molecule has 0 radical (unpaired) electrons. The Morgan fingerprint density at radius 1 is 1.19 bits per heavy atom. The Morgan fingerprint density at radius 3 is 2.48 bits per heavy atom. The molecule has 0 atom stereocenters. The summed E-state index contributed by atoms with van der Waals surface area (Å²) in [7, 11) is -2.44. The largest absolute Gasteiger partial charge is 0.495 e. The average molecular weight is 439 g/mol. The van der Waals surface area contributed by atoms with Gasteiger partial charge in [0.2, 0.25) is 5.91 Å². The number of hydrogen-bond acceptors (Lipinski definition) is 7. The van der Waals surface area contributed by atoms with Gasteiger partial charge in [-0.25, -0.2) is 8.42 Å². The maximum Gasteiger partial charge on any atom is 0.225 e. The first kappa shape index (κ1) is 22.1. The molecule has 0 unspecified atom stereocenters. The molecule has 3 aromatic rings. The topological polar surface area (TPSA) is 122 Å². The summed E-state index contributed by atoms with van der Waals surface area (Å²) >= 11 is 0. The van der Waals surface area contributed by atoms with Crippen molar-refractivity contribution in [1.29, 1.82) is 5.26 Å². The number of hydrogen-bond donors (Lipinski definition) is 1. The quantitative estimate of drug-likeness (QED) is 0.596. The number of carbonyl (C=O) groups is 1. The van der Waals surface area contributed by atoms with Gasteiger partial charge < -0.3 is 14.6 Å². The molecule has 0 saturated carbocycles. The highest BCUT2D eigenvalue weighted by molar-refractivity contribution is 7.91. The van der Waals surface area contributed by atoms with E-state index in [0.29, 0.717) is 22.6 Å². The second-order valence-corrected chi connectivity index (χ2v) is 8.97. The molecule has 8 nitrogen and oxygen atoms in total. The SMILES string of the molecule is COc1ccc(-c2onc(C)c2C)cc1S(=O)(=O)CCC(=O)Nc1ccc(C#N)cc1. The van der Waals surface area contributed by atoms with Crippen LogP contribution < -0.4 is 10.1 Å². The number of carbonyl (C=O) groups excluding carboxylic acids is 1. The van der Waals surface area contributed by atoms with Gasteiger partial charge in [0, 0.05) is 23.2 Å². The zero-order chi connectivity index (χ0) is 22.6. The van der Waals surface area contributed by atoms with E-state index in [9.17, 15) is 13.2 Å². The van der Waals surface area contributed by atoms with E-state index < -0.39 is 21.5 Å². The van der Waals surface area contributed by atoms with Crippen LogP contribution in [0.4, 0.5) is 5.69 Å². The van der Waals surface area contributed by atoms with E-state index in [1.54, 1.807) is 43.3 Å². The monoisotopic (exact) mass is 439 g/mol. The van der Waals surface area contributed by atoms with Crippen LogP contribution in [-0.4, -0.2) is 32.3 Å². The number of anilines is 1. The van der Waals surface area contributed by atoms with Crippen LogP contribution in [0.5, 0.6) is 5.75 Å². The summed E-state index contributed by atoms with van der Waals surface area (Å²) in [6.07, 6.45) is -0.240. The number of nitrogens with zero attached hydrogens (tertiary/aromatic N) is 2. The molecule has 0 aliphatic rings. The lowest BCUT2D eigenvalue weighted by Gasteiger charge is -2.11. The fraction of sp³-hybridized carbons (Fsp3) is 0.227. The van der Waals surface area contributed by atoms with Gasteiger partial charge in [-0.2, -0.15) is 5.26 Å². The zero-order valence-corrected chi connectivity index (χ0v) is 18.1. The molecule has 3 rings (SSSR count). The number of aryl methyl sites for hydroxylation is 1. The van der Waals surface area contributed by atoms with Gasteiger partial charge in [-0.3, -0.25) is 4.79 Å². The molecule has 1 aromatic heterocycles. The summed E-state index contributed by atoms with van der Waals surface area (Å²) in [6, 6.07) is 13.0. The van der Waals surface area contributed by atoms with E-state index in [1.807, 2.05) is 13.0 Å². The Balaban J connectivity index is 1.78. The van der Waals surface area contributed by atoms with E-state index in [4.69, 9.17) is 14.5 Å². The van der Waals surface area contributed by atoms with Crippen molar-refractivity contribution >= 4 is 21.4 Å². The molecule has 0 bridgehead atoms. The first-order valence-electron chi connectivity index (χ1n) is 9.39. The van der Waals surface area contributed by atoms with Gasteiger partial charge in [0.25, 0.3) is 0 Å². The molecule has 0 spiro atoms. The van der Waals surface area contributed by atoms with Crippen LogP contribution in [0.1, 0.15) is 23.2 Å². The van der Waals surface area contributed by atoms with Crippen LogP contribution in [0.2, 0.25) is 0 Å². The van der Waals surface area contributed by atoms with E-state index in [1.165, 1.54) is 13.2 Å². The minimum Gasteiger partial charge on any atom is -0.495 e. The maximum atomic E-state index is 13.0. The first-order valence-corrected chi connectivity index (χ1v) is 11.0. The number of amides is 1. The van der Waals surface area contributed by atoms with Crippen molar-refractivity contribution in [3.05, 3.63) is 59.3 Å². The number of rotatable bonds is 7. The summed E-state index contributed by atoms with van der Waals surface area (Å²) in [5.41, 5.74) is 3.03. The third kappa shape index (κ3) is 4.92. The Labute approximate surface area is 180 Å². The highest BCUT2D eigenvalue weighted by Crippen LogP contribution is 2.33. The molecule has 0 saturated heterocycles. The molecular weight excluding hydrogens is 418 g/mol. The lowest BCUT2D eigenvalue weighted by Crippen LogP contribution is -2.18. The van der Waals surface area contributed by atoms with Gasteiger partial charge in [0.15, 0.2) is 15.6 Å². The Kier molecular flexibility index (Phi) is 6.42. The molecule has 0 aliphatic carbocycles. The smallest absolute Gasteiger partial charge is 0.225 e. The number of sulfone groups is 1. The number of nitriles is 1. The van der Waals surface area contributed by atoms with E-state index in [0.717, 1.165) is 11.3 Å². The first-order chi connectivity index (χ1) is 14.7. The number of methoxy groups -OCH3 is 1. The van der Waals surface area contributed by atoms with Crippen LogP contribution in [-0.2, 0) is 14.6 Å². The standard InChI is InChI=1S/C22H21N3O5S/c1-14-15(2)25-30-22(14)17-6-9-19(29-3)20(12-17)31(27,28)11-10-21(26)24-18-7-4-16(13-23)5-8-18/h4-9,12H,10-11H2,1-3H3,(H,24,26).